The van der Waals surface area contributed by atoms with Gasteiger partial charge in [-0.25, -0.2) is 4.39 Å². The summed E-state index contributed by atoms with van der Waals surface area (Å²) in [4.78, 5) is 16.1. The molecule has 0 aliphatic heterocycles. The predicted molar refractivity (Wildman–Crippen MR) is 129 cm³/mol. The van der Waals surface area contributed by atoms with Gasteiger partial charge in [-0.2, -0.15) is 0 Å². The van der Waals surface area contributed by atoms with E-state index in [1.807, 2.05) is 54.7 Å². The van der Waals surface area contributed by atoms with Gasteiger partial charge in [-0.1, -0.05) is 63.9 Å². The van der Waals surface area contributed by atoms with E-state index in [4.69, 9.17) is 16.3 Å². The van der Waals surface area contributed by atoms with Crippen molar-refractivity contribution in [3.63, 3.8) is 0 Å². The Morgan fingerprint density at radius 1 is 1.12 bits per heavy atom. The zero-order valence-corrected chi connectivity index (χ0v) is 19.6. The maximum atomic E-state index is 14.1. The Bertz CT molecular complexity index is 1260. The molecule has 0 aliphatic carbocycles. The molecule has 0 spiro atoms. The number of H-pyrrole nitrogens is 1. The number of hydrogen-bond donors (Lipinski definition) is 2. The molecule has 164 valence electrons. The van der Waals surface area contributed by atoms with E-state index in [1.54, 1.807) is 13.0 Å². The summed E-state index contributed by atoms with van der Waals surface area (Å²) in [5.74, 6) is -1.04. The van der Waals surface area contributed by atoms with Crippen LogP contribution in [0.15, 0.2) is 77.4 Å². The van der Waals surface area contributed by atoms with Crippen LogP contribution in [-0.4, -0.2) is 23.5 Å². The van der Waals surface area contributed by atoms with Crippen LogP contribution in [0, 0.1) is 5.82 Å². The van der Waals surface area contributed by atoms with Crippen molar-refractivity contribution in [2.45, 2.75) is 18.9 Å². The molecule has 2 unspecified atom stereocenters. The number of fused-ring (bicyclic) bond motifs is 1. The maximum Gasteiger partial charge on any atom is 0.260 e. The van der Waals surface area contributed by atoms with Crippen molar-refractivity contribution < 1.29 is 13.9 Å². The van der Waals surface area contributed by atoms with Gasteiger partial charge >= 0.3 is 0 Å². The molecular weight excluding hydrogens is 495 g/mol. The second-order valence-corrected chi connectivity index (χ2v) is 8.77. The van der Waals surface area contributed by atoms with E-state index in [0.29, 0.717) is 16.0 Å². The molecule has 0 saturated carbocycles. The number of halogens is 3. The van der Waals surface area contributed by atoms with Gasteiger partial charge in [0, 0.05) is 39.1 Å². The van der Waals surface area contributed by atoms with Crippen LogP contribution in [-0.2, 0) is 4.79 Å². The van der Waals surface area contributed by atoms with Gasteiger partial charge in [0.05, 0.1) is 0 Å². The zero-order valence-electron chi connectivity index (χ0n) is 17.2. The Labute approximate surface area is 198 Å². The third kappa shape index (κ3) is 4.81. The van der Waals surface area contributed by atoms with Crippen molar-refractivity contribution >= 4 is 44.3 Å². The maximum absolute atomic E-state index is 14.1. The standard InChI is InChI=1S/C25H21BrClFN2O2/c1-15(32-24-11-10-16(26)12-22(24)28)25(31)30-14-19(17-6-2-4-8-21(17)27)20-13-29-23-9-5-3-7-18(20)23/h2-13,15,19,29H,14H2,1H3,(H,30,31). The van der Waals surface area contributed by atoms with Gasteiger partial charge < -0.3 is 15.0 Å². The van der Waals surface area contributed by atoms with E-state index in [0.717, 1.165) is 22.0 Å². The number of carbonyl (C=O) groups excluding carboxylic acids is 1. The molecule has 2 atom stereocenters. The monoisotopic (exact) mass is 514 g/mol. The lowest BCUT2D eigenvalue weighted by Crippen LogP contribution is -2.38. The number of hydrogen-bond acceptors (Lipinski definition) is 2. The van der Waals surface area contributed by atoms with Crippen molar-refractivity contribution in [2.75, 3.05) is 6.54 Å². The van der Waals surface area contributed by atoms with Crippen molar-refractivity contribution in [2.24, 2.45) is 0 Å². The van der Waals surface area contributed by atoms with Crippen LogP contribution in [0.5, 0.6) is 5.75 Å². The molecule has 4 nitrogen and oxygen atoms in total. The second kappa shape index (κ2) is 9.76. The lowest BCUT2D eigenvalue weighted by Gasteiger charge is -2.21. The fraction of sp³-hybridized carbons (Fsp3) is 0.160. The summed E-state index contributed by atoms with van der Waals surface area (Å²) in [5.41, 5.74) is 2.95. The molecule has 1 heterocycles. The lowest BCUT2D eigenvalue weighted by atomic mass is 9.90. The molecule has 7 heteroatoms. The van der Waals surface area contributed by atoms with Crippen LogP contribution in [0.25, 0.3) is 10.9 Å². The van der Waals surface area contributed by atoms with Crippen molar-refractivity contribution in [1.29, 1.82) is 0 Å². The number of nitrogens with one attached hydrogen (secondary N) is 2. The number of carbonyl (C=O) groups is 1. The Balaban J connectivity index is 1.55. The molecule has 0 radical (unpaired) electrons. The topological polar surface area (TPSA) is 54.1 Å². The Morgan fingerprint density at radius 3 is 2.66 bits per heavy atom. The molecule has 3 aromatic carbocycles. The van der Waals surface area contributed by atoms with Crippen LogP contribution < -0.4 is 10.1 Å². The third-order valence-corrected chi connectivity index (χ3v) is 6.16. The molecular formula is C25H21BrClFN2O2. The Kier molecular flexibility index (Phi) is 6.82. The molecule has 4 aromatic rings. The summed E-state index contributed by atoms with van der Waals surface area (Å²) < 4.78 is 20.2. The highest BCUT2D eigenvalue weighted by atomic mass is 79.9. The lowest BCUT2D eigenvalue weighted by molar-refractivity contribution is -0.127. The van der Waals surface area contributed by atoms with Crippen molar-refractivity contribution in [1.82, 2.24) is 10.3 Å². The van der Waals surface area contributed by atoms with Gasteiger partial charge in [0.25, 0.3) is 5.91 Å². The van der Waals surface area contributed by atoms with Crippen LogP contribution in [0.2, 0.25) is 5.02 Å². The van der Waals surface area contributed by atoms with E-state index in [1.165, 1.54) is 12.1 Å². The molecule has 32 heavy (non-hydrogen) atoms. The van der Waals surface area contributed by atoms with E-state index in [9.17, 15) is 9.18 Å². The van der Waals surface area contributed by atoms with Crippen LogP contribution in [0.1, 0.15) is 24.0 Å². The Hall–Kier alpha value is -2.83. The van der Waals surface area contributed by atoms with E-state index >= 15 is 0 Å². The summed E-state index contributed by atoms with van der Waals surface area (Å²) in [5, 5.41) is 4.63. The molecule has 1 aromatic heterocycles. The summed E-state index contributed by atoms with van der Waals surface area (Å²) in [6.45, 7) is 1.90. The van der Waals surface area contributed by atoms with Gasteiger partial charge in [0.2, 0.25) is 0 Å². The highest BCUT2D eigenvalue weighted by Gasteiger charge is 2.23. The van der Waals surface area contributed by atoms with Gasteiger partial charge in [-0.15, -0.1) is 0 Å². The summed E-state index contributed by atoms with van der Waals surface area (Å²) >= 11 is 9.72. The first-order valence-electron chi connectivity index (χ1n) is 10.1. The molecule has 4 rings (SSSR count). The van der Waals surface area contributed by atoms with E-state index in [2.05, 4.69) is 26.2 Å². The molecule has 1 amide bonds. The normalized spacial score (nSPS) is 13.0. The predicted octanol–water partition coefficient (Wildman–Crippen LogP) is 6.44. The molecule has 2 N–H and O–H groups in total. The Morgan fingerprint density at radius 2 is 1.88 bits per heavy atom. The quantitative estimate of drug-likeness (QED) is 0.298. The first-order chi connectivity index (χ1) is 15.4. The van der Waals surface area contributed by atoms with E-state index in [-0.39, 0.29) is 17.6 Å². The summed E-state index contributed by atoms with van der Waals surface area (Å²) in [6, 6.07) is 20.0. The van der Waals surface area contributed by atoms with Crippen molar-refractivity contribution in [3.05, 3.63) is 99.4 Å². The smallest absolute Gasteiger partial charge is 0.260 e. The van der Waals surface area contributed by atoms with Crippen molar-refractivity contribution in [3.8, 4) is 5.75 Å². The fourth-order valence-corrected chi connectivity index (χ4v) is 4.29. The minimum absolute atomic E-state index is 0.0233. The number of benzene rings is 3. The average molecular weight is 516 g/mol. The first kappa shape index (κ1) is 22.4. The number of amides is 1. The highest BCUT2D eigenvalue weighted by Crippen LogP contribution is 2.34. The van der Waals surface area contributed by atoms with E-state index < -0.39 is 11.9 Å². The molecule has 0 fully saturated rings. The molecule has 0 saturated heterocycles. The fourth-order valence-electron chi connectivity index (χ4n) is 3.69. The van der Waals surface area contributed by atoms with Gasteiger partial charge in [0.1, 0.15) is 0 Å². The van der Waals surface area contributed by atoms with Crippen LogP contribution in [0.3, 0.4) is 0 Å². The zero-order chi connectivity index (χ0) is 22.7. The number of aromatic nitrogens is 1. The molecule has 0 aliphatic rings. The highest BCUT2D eigenvalue weighted by molar-refractivity contribution is 9.10. The van der Waals surface area contributed by atoms with Gasteiger partial charge in [-0.3, -0.25) is 4.79 Å². The van der Waals surface area contributed by atoms with Gasteiger partial charge in [0.15, 0.2) is 17.7 Å². The average Bonchev–Trinajstić information content (AvgIpc) is 3.21. The first-order valence-corrected chi connectivity index (χ1v) is 11.3. The summed E-state index contributed by atoms with van der Waals surface area (Å²) in [6.07, 6.45) is 1.07. The van der Waals surface area contributed by atoms with Gasteiger partial charge in [-0.05, 0) is 48.4 Å². The number of para-hydroxylation sites is 1. The second-order valence-electron chi connectivity index (χ2n) is 7.44. The number of rotatable bonds is 7. The minimum atomic E-state index is -0.875. The number of aromatic amines is 1. The third-order valence-electron chi connectivity index (χ3n) is 5.32. The summed E-state index contributed by atoms with van der Waals surface area (Å²) in [7, 11) is 0. The largest absolute Gasteiger partial charge is 0.478 e. The minimum Gasteiger partial charge on any atom is -0.478 e. The molecule has 0 bridgehead atoms. The number of ether oxygens (including phenoxy) is 1. The SMILES string of the molecule is CC(Oc1ccc(Br)cc1F)C(=O)NCC(c1ccccc1Cl)c1c[nH]c2ccccc12. The van der Waals surface area contributed by atoms with Crippen LogP contribution >= 0.6 is 27.5 Å². The van der Waals surface area contributed by atoms with Crippen LogP contribution in [0.4, 0.5) is 4.39 Å².